The van der Waals surface area contributed by atoms with Gasteiger partial charge in [0.25, 0.3) is 0 Å². The second-order valence-electron chi connectivity index (χ2n) is 5.03. The molecule has 0 aliphatic carbocycles. The molecule has 0 atom stereocenters. The van der Waals surface area contributed by atoms with E-state index in [0.29, 0.717) is 0 Å². The Morgan fingerprint density at radius 2 is 1.89 bits per heavy atom. The summed E-state index contributed by atoms with van der Waals surface area (Å²) in [6.07, 6.45) is -4.43. The van der Waals surface area contributed by atoms with E-state index in [9.17, 15) is 18.0 Å². The van der Waals surface area contributed by atoms with Crippen LogP contribution in [0.15, 0.2) is 24.3 Å². The Labute approximate surface area is 109 Å². The second kappa shape index (κ2) is 5.61. The predicted molar refractivity (Wildman–Crippen MR) is 65.8 cm³/mol. The first-order valence-electron chi connectivity index (χ1n) is 5.69. The van der Waals surface area contributed by atoms with Gasteiger partial charge in [-0.3, -0.25) is 4.79 Å². The number of benzene rings is 1. The van der Waals surface area contributed by atoms with Gasteiger partial charge in [0, 0.05) is 5.69 Å². The molecule has 1 amide bonds. The van der Waals surface area contributed by atoms with Gasteiger partial charge >= 0.3 is 6.18 Å². The SMILES string of the molecule is CC(C)(C)OCC(=O)Nc1cccc(C(F)(F)F)c1. The molecule has 1 N–H and O–H groups in total. The largest absolute Gasteiger partial charge is 0.416 e. The lowest BCUT2D eigenvalue weighted by molar-refractivity contribution is -0.137. The van der Waals surface area contributed by atoms with Crippen LogP contribution in [0.2, 0.25) is 0 Å². The minimum atomic E-state index is -4.43. The van der Waals surface area contributed by atoms with Crippen LogP contribution in [0.3, 0.4) is 0 Å². The molecule has 0 aromatic heterocycles. The van der Waals surface area contributed by atoms with Crippen molar-refractivity contribution in [2.75, 3.05) is 11.9 Å². The zero-order chi connectivity index (χ0) is 14.7. The molecular weight excluding hydrogens is 259 g/mol. The van der Waals surface area contributed by atoms with Crippen LogP contribution in [0.5, 0.6) is 0 Å². The lowest BCUT2D eigenvalue weighted by Crippen LogP contribution is -2.27. The topological polar surface area (TPSA) is 38.3 Å². The van der Waals surface area contributed by atoms with Crippen LogP contribution in [0, 0.1) is 0 Å². The van der Waals surface area contributed by atoms with Gasteiger partial charge in [-0.15, -0.1) is 0 Å². The van der Waals surface area contributed by atoms with Gasteiger partial charge in [-0.2, -0.15) is 13.2 Å². The smallest absolute Gasteiger partial charge is 0.366 e. The van der Waals surface area contributed by atoms with Gasteiger partial charge in [0.05, 0.1) is 11.2 Å². The van der Waals surface area contributed by atoms with Crippen molar-refractivity contribution in [1.29, 1.82) is 0 Å². The highest BCUT2D eigenvalue weighted by atomic mass is 19.4. The van der Waals surface area contributed by atoms with Gasteiger partial charge in [0.1, 0.15) is 6.61 Å². The van der Waals surface area contributed by atoms with Crippen molar-refractivity contribution in [3.05, 3.63) is 29.8 Å². The summed E-state index contributed by atoms with van der Waals surface area (Å²) in [4.78, 5) is 11.5. The van der Waals surface area contributed by atoms with E-state index in [1.165, 1.54) is 12.1 Å². The number of halogens is 3. The van der Waals surface area contributed by atoms with Crippen molar-refractivity contribution >= 4 is 11.6 Å². The number of nitrogens with one attached hydrogen (secondary N) is 1. The summed E-state index contributed by atoms with van der Waals surface area (Å²) in [5.74, 6) is -0.491. The van der Waals surface area contributed by atoms with Crippen LogP contribution in [-0.4, -0.2) is 18.1 Å². The van der Waals surface area contributed by atoms with Crippen LogP contribution in [0.1, 0.15) is 26.3 Å². The monoisotopic (exact) mass is 275 g/mol. The standard InChI is InChI=1S/C13H16F3NO2/c1-12(2,3)19-8-11(18)17-10-6-4-5-9(7-10)13(14,15)16/h4-7H,8H2,1-3H3,(H,17,18). The average Bonchev–Trinajstić information content (AvgIpc) is 2.25. The molecule has 0 saturated carbocycles. The zero-order valence-corrected chi connectivity index (χ0v) is 11.0. The van der Waals surface area contributed by atoms with Crippen molar-refractivity contribution in [2.45, 2.75) is 32.5 Å². The lowest BCUT2D eigenvalue weighted by atomic mass is 10.2. The van der Waals surface area contributed by atoms with Gasteiger partial charge in [-0.1, -0.05) is 6.07 Å². The van der Waals surface area contributed by atoms with Crippen molar-refractivity contribution in [2.24, 2.45) is 0 Å². The molecule has 0 aliphatic heterocycles. The van der Waals surface area contributed by atoms with E-state index in [4.69, 9.17) is 4.74 Å². The Bertz CT molecular complexity index is 450. The molecule has 0 unspecified atom stereocenters. The second-order valence-corrected chi connectivity index (χ2v) is 5.03. The molecule has 0 spiro atoms. The molecule has 0 saturated heterocycles. The van der Waals surface area contributed by atoms with Crippen LogP contribution in [0.4, 0.5) is 18.9 Å². The highest BCUT2D eigenvalue weighted by molar-refractivity contribution is 5.91. The molecule has 3 nitrogen and oxygen atoms in total. The molecule has 106 valence electrons. The fourth-order valence-corrected chi connectivity index (χ4v) is 1.25. The van der Waals surface area contributed by atoms with Gasteiger partial charge in [0.15, 0.2) is 0 Å². The number of amides is 1. The van der Waals surface area contributed by atoms with E-state index in [1.807, 2.05) is 0 Å². The Balaban J connectivity index is 2.65. The summed E-state index contributed by atoms with van der Waals surface area (Å²) in [5, 5.41) is 2.36. The van der Waals surface area contributed by atoms with Gasteiger partial charge in [-0.05, 0) is 39.0 Å². The summed E-state index contributed by atoms with van der Waals surface area (Å²) in [6.45, 7) is 5.14. The number of rotatable bonds is 3. The normalized spacial score (nSPS) is 12.3. The lowest BCUT2D eigenvalue weighted by Gasteiger charge is -2.19. The molecule has 1 aromatic carbocycles. The van der Waals surface area contributed by atoms with Crippen molar-refractivity contribution < 1.29 is 22.7 Å². The Hall–Kier alpha value is -1.56. The number of carbonyl (C=O) groups excluding carboxylic acids is 1. The van der Waals surface area contributed by atoms with Crippen molar-refractivity contribution in [3.8, 4) is 0 Å². The number of hydrogen-bond donors (Lipinski definition) is 1. The fourth-order valence-electron chi connectivity index (χ4n) is 1.25. The predicted octanol–water partition coefficient (Wildman–Crippen LogP) is 3.46. The molecule has 1 aromatic rings. The Morgan fingerprint density at radius 1 is 1.26 bits per heavy atom. The number of hydrogen-bond acceptors (Lipinski definition) is 2. The maximum Gasteiger partial charge on any atom is 0.416 e. The third-order valence-corrected chi connectivity index (χ3v) is 2.11. The fraction of sp³-hybridized carbons (Fsp3) is 0.462. The van der Waals surface area contributed by atoms with Crippen LogP contribution >= 0.6 is 0 Å². The molecule has 0 radical (unpaired) electrons. The van der Waals surface area contributed by atoms with Gasteiger partial charge < -0.3 is 10.1 Å². The molecule has 1 rings (SSSR count). The maximum atomic E-state index is 12.5. The van der Waals surface area contributed by atoms with E-state index in [0.717, 1.165) is 12.1 Å². The third kappa shape index (κ3) is 5.74. The van der Waals surface area contributed by atoms with Crippen LogP contribution in [0.25, 0.3) is 0 Å². The number of anilines is 1. The Kier molecular flexibility index (Phi) is 4.57. The quantitative estimate of drug-likeness (QED) is 0.917. The number of alkyl halides is 3. The minimum Gasteiger partial charge on any atom is -0.366 e. The highest BCUT2D eigenvalue weighted by Crippen LogP contribution is 2.30. The van der Waals surface area contributed by atoms with Gasteiger partial charge in [-0.25, -0.2) is 0 Å². The van der Waals surface area contributed by atoms with E-state index in [-0.39, 0.29) is 12.3 Å². The zero-order valence-electron chi connectivity index (χ0n) is 11.0. The molecule has 6 heteroatoms. The van der Waals surface area contributed by atoms with Crippen LogP contribution in [-0.2, 0) is 15.7 Å². The van der Waals surface area contributed by atoms with E-state index < -0.39 is 23.2 Å². The van der Waals surface area contributed by atoms with E-state index in [1.54, 1.807) is 20.8 Å². The summed E-state index contributed by atoms with van der Waals surface area (Å²) < 4.78 is 42.6. The number of ether oxygens (including phenoxy) is 1. The molecular formula is C13H16F3NO2. The number of carbonyl (C=O) groups is 1. The summed E-state index contributed by atoms with van der Waals surface area (Å²) in [7, 11) is 0. The van der Waals surface area contributed by atoms with E-state index >= 15 is 0 Å². The van der Waals surface area contributed by atoms with Gasteiger partial charge in [0.2, 0.25) is 5.91 Å². The van der Waals surface area contributed by atoms with E-state index in [2.05, 4.69) is 5.32 Å². The first-order chi connectivity index (χ1) is 8.58. The molecule has 0 bridgehead atoms. The Morgan fingerprint density at radius 3 is 2.42 bits per heavy atom. The first-order valence-corrected chi connectivity index (χ1v) is 5.69. The third-order valence-electron chi connectivity index (χ3n) is 2.11. The average molecular weight is 275 g/mol. The highest BCUT2D eigenvalue weighted by Gasteiger charge is 2.30. The summed E-state index contributed by atoms with van der Waals surface area (Å²) in [6, 6.07) is 4.46. The summed E-state index contributed by atoms with van der Waals surface area (Å²) in [5.41, 5.74) is -1.19. The van der Waals surface area contributed by atoms with Crippen molar-refractivity contribution in [3.63, 3.8) is 0 Å². The minimum absolute atomic E-state index is 0.0948. The first kappa shape index (κ1) is 15.5. The molecule has 0 heterocycles. The molecule has 0 fully saturated rings. The summed E-state index contributed by atoms with van der Waals surface area (Å²) >= 11 is 0. The maximum absolute atomic E-state index is 12.5. The molecule has 19 heavy (non-hydrogen) atoms. The van der Waals surface area contributed by atoms with Crippen molar-refractivity contribution in [1.82, 2.24) is 0 Å². The molecule has 0 aliphatic rings. The van der Waals surface area contributed by atoms with Crippen LogP contribution < -0.4 is 5.32 Å².